The van der Waals surface area contributed by atoms with Crippen molar-refractivity contribution in [1.29, 1.82) is 10.5 Å². The highest BCUT2D eigenvalue weighted by atomic mass is 35.5. The molecule has 0 aromatic heterocycles. The van der Waals surface area contributed by atoms with Crippen molar-refractivity contribution in [2.45, 2.75) is 0 Å². The van der Waals surface area contributed by atoms with Crippen LogP contribution in [0.2, 0.25) is 0 Å². The molecule has 7 heteroatoms. The summed E-state index contributed by atoms with van der Waals surface area (Å²) in [4.78, 5) is 7.40. The number of benzene rings is 1. The van der Waals surface area contributed by atoms with Gasteiger partial charge in [-0.2, -0.15) is 20.5 Å². The van der Waals surface area contributed by atoms with Crippen LogP contribution in [0.25, 0.3) is 5.57 Å². The normalized spacial score (nSPS) is 18.4. The van der Waals surface area contributed by atoms with Crippen LogP contribution >= 0.6 is 23.2 Å². The van der Waals surface area contributed by atoms with Crippen molar-refractivity contribution in [2.24, 2.45) is 9.98 Å². The summed E-state index contributed by atoms with van der Waals surface area (Å²) >= 11 is 12.6. The molecule has 108 valence electrons. The maximum atomic E-state index is 8.91. The summed E-state index contributed by atoms with van der Waals surface area (Å²) in [5.74, 6) is 0.0990. The van der Waals surface area contributed by atoms with Gasteiger partial charge in [0, 0.05) is 5.57 Å². The fourth-order valence-electron chi connectivity index (χ4n) is 2.00. The molecular formula is C15H8Cl2N4O. The Balaban J connectivity index is 2.82. The summed E-state index contributed by atoms with van der Waals surface area (Å²) in [6.07, 6.45) is 3.36. The quantitative estimate of drug-likeness (QED) is 0.613. The van der Waals surface area contributed by atoms with Crippen molar-refractivity contribution >= 4 is 40.2 Å². The monoisotopic (exact) mass is 330 g/mol. The molecule has 0 fully saturated rings. The average molecular weight is 331 g/mol. The third-order valence-corrected chi connectivity index (χ3v) is 3.60. The van der Waals surface area contributed by atoms with Crippen LogP contribution in [0.4, 0.5) is 0 Å². The molecule has 0 N–H and O–H groups in total. The molecular weight excluding hydrogens is 323 g/mol. The maximum Gasteiger partial charge on any atom is 0.206 e. The number of methoxy groups -OCH3 is 1. The fourth-order valence-corrected chi connectivity index (χ4v) is 2.63. The molecule has 0 unspecified atom stereocenters. The Morgan fingerprint density at radius 1 is 0.955 bits per heavy atom. The second-order valence-electron chi connectivity index (χ2n) is 4.02. The maximum absolute atomic E-state index is 8.91. The van der Waals surface area contributed by atoms with Gasteiger partial charge in [0.15, 0.2) is 5.76 Å². The Kier molecular flexibility index (Phi) is 4.95. The van der Waals surface area contributed by atoms with E-state index in [-0.39, 0.29) is 27.2 Å². The first-order chi connectivity index (χ1) is 10.7. The zero-order valence-corrected chi connectivity index (χ0v) is 12.9. The van der Waals surface area contributed by atoms with E-state index < -0.39 is 0 Å². The van der Waals surface area contributed by atoms with E-state index in [1.54, 1.807) is 36.7 Å². The Morgan fingerprint density at radius 3 is 2.09 bits per heavy atom. The molecule has 1 aromatic carbocycles. The van der Waals surface area contributed by atoms with Gasteiger partial charge in [0.1, 0.15) is 16.5 Å². The van der Waals surface area contributed by atoms with Gasteiger partial charge < -0.3 is 4.74 Å². The average Bonchev–Trinajstić information content (AvgIpc) is 2.54. The molecule has 1 aliphatic rings. The number of ether oxygens (including phenoxy) is 1. The second kappa shape index (κ2) is 6.91. The van der Waals surface area contributed by atoms with Crippen LogP contribution in [0.15, 0.2) is 56.1 Å². The highest BCUT2D eigenvalue weighted by molar-refractivity contribution is 6.64. The molecule has 0 atom stereocenters. The van der Waals surface area contributed by atoms with Crippen molar-refractivity contribution in [3.8, 4) is 12.4 Å². The number of aliphatic imine (C=N–C) groups is 2. The largest absolute Gasteiger partial charge is 0.493 e. The van der Waals surface area contributed by atoms with Gasteiger partial charge >= 0.3 is 0 Å². The number of nitriles is 2. The fraction of sp³-hybridized carbons (Fsp3) is 0.0667. The van der Waals surface area contributed by atoms with E-state index in [0.29, 0.717) is 11.1 Å². The van der Waals surface area contributed by atoms with E-state index in [1.165, 1.54) is 7.11 Å². The summed E-state index contributed by atoms with van der Waals surface area (Å²) in [7, 11) is 1.37. The molecule has 2 rings (SSSR count). The van der Waals surface area contributed by atoms with Gasteiger partial charge in [-0.05, 0) is 5.56 Å². The Morgan fingerprint density at radius 2 is 1.55 bits per heavy atom. The second-order valence-corrected chi connectivity index (χ2v) is 4.78. The molecule has 5 nitrogen and oxygen atoms in total. The van der Waals surface area contributed by atoms with Crippen LogP contribution in [0.3, 0.4) is 0 Å². The first-order valence-electron chi connectivity index (χ1n) is 5.99. The molecule has 0 saturated carbocycles. The van der Waals surface area contributed by atoms with E-state index in [4.69, 9.17) is 38.5 Å². The first-order valence-corrected chi connectivity index (χ1v) is 6.75. The predicted molar refractivity (Wildman–Crippen MR) is 85.2 cm³/mol. The topological polar surface area (TPSA) is 81.5 Å². The molecule has 0 spiro atoms. The smallest absolute Gasteiger partial charge is 0.206 e. The number of hydrogen-bond donors (Lipinski definition) is 0. The van der Waals surface area contributed by atoms with Crippen LogP contribution in [-0.4, -0.2) is 18.5 Å². The standard InChI is InChI=1S/C15H8Cl2N4O/c1-22-15-12(17)13(20-7-18)10(9-5-3-2-4-6-9)11(16)14(15)21-8-19/h2-6H,1H3. The number of hydrogen-bond acceptors (Lipinski definition) is 5. The van der Waals surface area contributed by atoms with Crippen LogP contribution < -0.4 is 0 Å². The minimum Gasteiger partial charge on any atom is -0.493 e. The molecule has 0 saturated heterocycles. The Labute approximate surface area is 137 Å². The number of allylic oxidation sites excluding steroid dienone is 3. The highest BCUT2D eigenvalue weighted by Gasteiger charge is 2.32. The van der Waals surface area contributed by atoms with Crippen molar-refractivity contribution < 1.29 is 4.74 Å². The lowest BCUT2D eigenvalue weighted by Crippen LogP contribution is -2.20. The summed E-state index contributed by atoms with van der Waals surface area (Å²) in [5, 5.41) is 18.0. The highest BCUT2D eigenvalue weighted by Crippen LogP contribution is 2.36. The van der Waals surface area contributed by atoms with Crippen LogP contribution in [-0.2, 0) is 4.74 Å². The molecule has 1 aromatic rings. The van der Waals surface area contributed by atoms with Crippen molar-refractivity contribution in [3.05, 3.63) is 51.7 Å². The molecule has 0 bridgehead atoms. The summed E-state index contributed by atoms with van der Waals surface area (Å²) in [6.45, 7) is 0. The number of rotatable bonds is 2. The van der Waals surface area contributed by atoms with E-state index in [2.05, 4.69) is 9.98 Å². The summed E-state index contributed by atoms with van der Waals surface area (Å²) in [6, 6.07) is 9.03. The van der Waals surface area contributed by atoms with Gasteiger partial charge in [-0.25, -0.2) is 0 Å². The lowest BCUT2D eigenvalue weighted by molar-refractivity contribution is 0.314. The molecule has 1 aliphatic carbocycles. The molecule has 22 heavy (non-hydrogen) atoms. The van der Waals surface area contributed by atoms with Gasteiger partial charge in [-0.1, -0.05) is 53.5 Å². The minimum absolute atomic E-state index is 0.0707. The number of halogens is 2. The van der Waals surface area contributed by atoms with Crippen molar-refractivity contribution in [2.75, 3.05) is 7.11 Å². The van der Waals surface area contributed by atoms with Gasteiger partial charge in [0.05, 0.1) is 12.1 Å². The lowest BCUT2D eigenvalue weighted by atomic mass is 9.93. The molecule has 0 aliphatic heterocycles. The molecule has 0 amide bonds. The molecule has 0 radical (unpaired) electrons. The zero-order chi connectivity index (χ0) is 16.1. The third-order valence-electron chi connectivity index (χ3n) is 2.88. The Hall–Kier alpha value is -2.60. The Bertz CT molecular complexity index is 808. The summed E-state index contributed by atoms with van der Waals surface area (Å²) in [5.41, 5.74) is 1.39. The summed E-state index contributed by atoms with van der Waals surface area (Å²) < 4.78 is 5.16. The van der Waals surface area contributed by atoms with Gasteiger partial charge in [-0.3, -0.25) is 0 Å². The van der Waals surface area contributed by atoms with Gasteiger partial charge in [0.2, 0.25) is 12.4 Å². The zero-order valence-electron chi connectivity index (χ0n) is 11.3. The lowest BCUT2D eigenvalue weighted by Gasteiger charge is -2.21. The predicted octanol–water partition coefficient (Wildman–Crippen LogP) is 3.59. The molecule has 0 heterocycles. The first kappa shape index (κ1) is 15.8. The minimum atomic E-state index is 0.0707. The van der Waals surface area contributed by atoms with Crippen LogP contribution in [0.5, 0.6) is 0 Å². The SMILES string of the molecule is COC1=C(Cl)C(=NC#N)C(c2ccccc2)=C(Cl)C1=NC#N. The van der Waals surface area contributed by atoms with Crippen LogP contribution in [0.1, 0.15) is 5.56 Å². The van der Waals surface area contributed by atoms with E-state index in [1.807, 2.05) is 6.07 Å². The third kappa shape index (κ3) is 2.73. The van der Waals surface area contributed by atoms with Crippen LogP contribution in [0, 0.1) is 22.9 Å². The van der Waals surface area contributed by atoms with Crippen molar-refractivity contribution in [1.82, 2.24) is 0 Å². The van der Waals surface area contributed by atoms with E-state index >= 15 is 0 Å². The van der Waals surface area contributed by atoms with Gasteiger partial charge in [-0.15, -0.1) is 0 Å². The van der Waals surface area contributed by atoms with E-state index in [0.717, 1.165) is 0 Å². The van der Waals surface area contributed by atoms with Gasteiger partial charge in [0.25, 0.3) is 0 Å². The number of nitrogens with zero attached hydrogens (tertiary/aromatic N) is 4. The van der Waals surface area contributed by atoms with E-state index in [9.17, 15) is 0 Å². The van der Waals surface area contributed by atoms with Crippen molar-refractivity contribution in [3.63, 3.8) is 0 Å².